The first kappa shape index (κ1) is 13.2. The Morgan fingerprint density at radius 3 is 2.72 bits per heavy atom. The highest BCUT2D eigenvalue weighted by atomic mass is 16.3. The summed E-state index contributed by atoms with van der Waals surface area (Å²) in [4.78, 5) is 2.30. The third-order valence-corrected chi connectivity index (χ3v) is 3.96. The Kier molecular flexibility index (Phi) is 4.09. The first-order valence-electron chi connectivity index (χ1n) is 6.53. The minimum absolute atomic E-state index is 0.0531. The number of rotatable bonds is 4. The van der Waals surface area contributed by atoms with Gasteiger partial charge in [0.2, 0.25) is 0 Å². The third-order valence-electron chi connectivity index (χ3n) is 3.96. The van der Waals surface area contributed by atoms with Gasteiger partial charge in [-0.25, -0.2) is 0 Å². The van der Waals surface area contributed by atoms with Gasteiger partial charge in [-0.15, -0.1) is 0 Å². The number of hydrogen-bond donors (Lipinski definition) is 3. The summed E-state index contributed by atoms with van der Waals surface area (Å²) >= 11 is 0. The number of benzene rings is 1. The van der Waals surface area contributed by atoms with Gasteiger partial charge in [0.1, 0.15) is 0 Å². The van der Waals surface area contributed by atoms with E-state index in [9.17, 15) is 10.2 Å². The highest BCUT2D eigenvalue weighted by Crippen LogP contribution is 2.30. The molecule has 1 aromatic rings. The Morgan fingerprint density at radius 1 is 1.28 bits per heavy atom. The van der Waals surface area contributed by atoms with Gasteiger partial charge in [-0.2, -0.15) is 0 Å². The second-order valence-corrected chi connectivity index (χ2v) is 5.23. The monoisotopic (exact) mass is 250 g/mol. The van der Waals surface area contributed by atoms with Crippen LogP contribution in [-0.2, 0) is 6.54 Å². The molecule has 0 aromatic heterocycles. The first-order valence-corrected chi connectivity index (χ1v) is 6.53. The third kappa shape index (κ3) is 2.76. The molecule has 4 nitrogen and oxygen atoms in total. The van der Waals surface area contributed by atoms with Crippen LogP contribution in [0.3, 0.4) is 0 Å². The number of hydrogen-bond acceptors (Lipinski definition) is 4. The van der Waals surface area contributed by atoms with Crippen molar-refractivity contribution in [1.29, 1.82) is 0 Å². The van der Waals surface area contributed by atoms with E-state index in [0.29, 0.717) is 12.0 Å². The fourth-order valence-electron chi connectivity index (χ4n) is 2.95. The van der Waals surface area contributed by atoms with Crippen LogP contribution in [0, 0.1) is 5.92 Å². The van der Waals surface area contributed by atoms with Crippen molar-refractivity contribution in [2.24, 2.45) is 11.7 Å². The summed E-state index contributed by atoms with van der Waals surface area (Å²) in [6, 6.07) is 5.54. The van der Waals surface area contributed by atoms with Crippen LogP contribution in [-0.4, -0.2) is 34.7 Å². The second-order valence-electron chi connectivity index (χ2n) is 5.23. The van der Waals surface area contributed by atoms with Gasteiger partial charge in [0.15, 0.2) is 11.5 Å². The molecule has 1 fully saturated rings. The smallest absolute Gasteiger partial charge is 0.157 e. The predicted molar refractivity (Wildman–Crippen MR) is 71.4 cm³/mol. The summed E-state index contributed by atoms with van der Waals surface area (Å²) < 4.78 is 0. The van der Waals surface area contributed by atoms with E-state index in [0.717, 1.165) is 18.7 Å². The van der Waals surface area contributed by atoms with Crippen molar-refractivity contribution in [3.63, 3.8) is 0 Å². The maximum absolute atomic E-state index is 9.49. The molecule has 0 heterocycles. The molecule has 1 saturated carbocycles. The fraction of sp³-hybridized carbons (Fsp3) is 0.571. The van der Waals surface area contributed by atoms with E-state index in [1.165, 1.54) is 25.3 Å². The van der Waals surface area contributed by atoms with Crippen LogP contribution in [0.5, 0.6) is 11.5 Å². The number of phenols is 2. The predicted octanol–water partition coefficient (Wildman–Crippen LogP) is 1.66. The lowest BCUT2D eigenvalue weighted by atomic mass is 10.0. The molecule has 0 aliphatic heterocycles. The molecule has 2 rings (SSSR count). The van der Waals surface area contributed by atoms with Crippen molar-refractivity contribution in [2.75, 3.05) is 13.6 Å². The summed E-state index contributed by atoms with van der Waals surface area (Å²) in [5, 5.41) is 18.8. The van der Waals surface area contributed by atoms with Gasteiger partial charge in [-0.05, 0) is 50.0 Å². The maximum Gasteiger partial charge on any atom is 0.157 e. The molecule has 100 valence electrons. The van der Waals surface area contributed by atoms with Crippen LogP contribution in [0.1, 0.15) is 24.8 Å². The molecule has 2 unspecified atom stereocenters. The number of nitrogens with two attached hydrogens (primary N) is 1. The standard InChI is InChI=1S/C14H22N2O2/c1-16(12-4-2-3-11(12)8-15)9-10-5-6-13(17)14(18)7-10/h5-7,11-12,17-18H,2-4,8-9,15H2,1H3. The minimum atomic E-state index is -0.0675. The van der Waals surface area contributed by atoms with Crippen molar-refractivity contribution in [1.82, 2.24) is 4.90 Å². The summed E-state index contributed by atoms with van der Waals surface area (Å²) in [6.07, 6.45) is 3.66. The van der Waals surface area contributed by atoms with E-state index in [1.807, 2.05) is 6.07 Å². The summed E-state index contributed by atoms with van der Waals surface area (Å²) in [5.74, 6) is 0.463. The quantitative estimate of drug-likeness (QED) is 0.711. The molecule has 1 aliphatic rings. The largest absolute Gasteiger partial charge is 0.504 e. The van der Waals surface area contributed by atoms with Crippen molar-refractivity contribution in [2.45, 2.75) is 31.8 Å². The molecule has 2 atom stereocenters. The van der Waals surface area contributed by atoms with Crippen LogP contribution < -0.4 is 5.73 Å². The zero-order valence-electron chi connectivity index (χ0n) is 10.8. The lowest BCUT2D eigenvalue weighted by Crippen LogP contribution is -2.37. The Morgan fingerprint density at radius 2 is 2.06 bits per heavy atom. The van der Waals surface area contributed by atoms with E-state index in [4.69, 9.17) is 5.73 Å². The molecular weight excluding hydrogens is 228 g/mol. The Hall–Kier alpha value is -1.26. The van der Waals surface area contributed by atoms with Crippen LogP contribution in [0.15, 0.2) is 18.2 Å². The zero-order chi connectivity index (χ0) is 13.1. The lowest BCUT2D eigenvalue weighted by Gasteiger charge is -2.29. The van der Waals surface area contributed by atoms with E-state index >= 15 is 0 Å². The summed E-state index contributed by atoms with van der Waals surface area (Å²) in [5.41, 5.74) is 6.81. The van der Waals surface area contributed by atoms with E-state index in [2.05, 4.69) is 11.9 Å². The van der Waals surface area contributed by atoms with E-state index in [-0.39, 0.29) is 11.5 Å². The van der Waals surface area contributed by atoms with E-state index in [1.54, 1.807) is 6.07 Å². The van der Waals surface area contributed by atoms with Crippen molar-refractivity contribution in [3.05, 3.63) is 23.8 Å². The molecule has 0 saturated heterocycles. The molecular formula is C14H22N2O2. The van der Waals surface area contributed by atoms with Gasteiger partial charge in [-0.3, -0.25) is 4.90 Å². The highest BCUT2D eigenvalue weighted by molar-refractivity contribution is 5.40. The molecule has 0 bridgehead atoms. The van der Waals surface area contributed by atoms with Crippen LogP contribution in [0.4, 0.5) is 0 Å². The zero-order valence-corrected chi connectivity index (χ0v) is 10.8. The molecule has 4 N–H and O–H groups in total. The van der Waals surface area contributed by atoms with Gasteiger partial charge in [0.05, 0.1) is 0 Å². The maximum atomic E-state index is 9.49. The number of phenolic OH excluding ortho intramolecular Hbond substituents is 2. The van der Waals surface area contributed by atoms with Crippen molar-refractivity contribution in [3.8, 4) is 11.5 Å². The Balaban J connectivity index is 2.02. The van der Waals surface area contributed by atoms with Gasteiger partial charge in [0.25, 0.3) is 0 Å². The molecule has 1 aliphatic carbocycles. The van der Waals surface area contributed by atoms with E-state index < -0.39 is 0 Å². The van der Waals surface area contributed by atoms with Gasteiger partial charge in [0, 0.05) is 12.6 Å². The topological polar surface area (TPSA) is 69.7 Å². The van der Waals surface area contributed by atoms with Gasteiger partial charge in [-0.1, -0.05) is 12.5 Å². The Bertz CT molecular complexity index is 409. The first-order chi connectivity index (χ1) is 8.61. The van der Waals surface area contributed by atoms with Crippen LogP contribution in [0.2, 0.25) is 0 Å². The van der Waals surface area contributed by atoms with Crippen molar-refractivity contribution >= 4 is 0 Å². The number of nitrogens with zero attached hydrogens (tertiary/aromatic N) is 1. The number of aromatic hydroxyl groups is 2. The molecule has 0 amide bonds. The molecule has 0 radical (unpaired) electrons. The molecule has 18 heavy (non-hydrogen) atoms. The summed E-state index contributed by atoms with van der Waals surface area (Å²) in [6.45, 7) is 1.52. The van der Waals surface area contributed by atoms with Gasteiger partial charge >= 0.3 is 0 Å². The summed E-state index contributed by atoms with van der Waals surface area (Å²) in [7, 11) is 2.10. The molecule has 1 aromatic carbocycles. The average Bonchev–Trinajstić information content (AvgIpc) is 2.82. The molecule has 0 spiro atoms. The van der Waals surface area contributed by atoms with Crippen LogP contribution in [0.25, 0.3) is 0 Å². The van der Waals surface area contributed by atoms with Gasteiger partial charge < -0.3 is 15.9 Å². The average molecular weight is 250 g/mol. The normalized spacial score (nSPS) is 23.7. The highest BCUT2D eigenvalue weighted by Gasteiger charge is 2.29. The molecule has 4 heteroatoms. The van der Waals surface area contributed by atoms with Crippen molar-refractivity contribution < 1.29 is 10.2 Å². The van der Waals surface area contributed by atoms with Crippen LogP contribution >= 0.6 is 0 Å². The SMILES string of the molecule is CN(Cc1ccc(O)c(O)c1)C1CCCC1CN. The lowest BCUT2D eigenvalue weighted by molar-refractivity contribution is 0.192. The Labute approximate surface area is 108 Å². The minimum Gasteiger partial charge on any atom is -0.504 e. The fourth-order valence-corrected chi connectivity index (χ4v) is 2.95. The second kappa shape index (κ2) is 5.59.